The molecule has 112 valence electrons. The zero-order valence-electron chi connectivity index (χ0n) is 13.2. The van der Waals surface area contributed by atoms with E-state index in [9.17, 15) is 0 Å². The number of aromatic nitrogens is 2. The van der Waals surface area contributed by atoms with Crippen molar-refractivity contribution in [1.82, 2.24) is 14.9 Å². The third kappa shape index (κ3) is 5.20. The summed E-state index contributed by atoms with van der Waals surface area (Å²) in [4.78, 5) is 4.26. The summed E-state index contributed by atoms with van der Waals surface area (Å²) in [6.07, 6.45) is 6.15. The Morgan fingerprint density at radius 2 is 2.10 bits per heavy atom. The number of rotatable bonds is 7. The second kappa shape index (κ2) is 7.79. The number of imidazole rings is 1. The van der Waals surface area contributed by atoms with E-state index < -0.39 is 0 Å². The summed E-state index contributed by atoms with van der Waals surface area (Å²) in [6, 6.07) is 10.5. The van der Waals surface area contributed by atoms with Crippen LogP contribution in [0.2, 0.25) is 0 Å². The fourth-order valence-corrected chi connectivity index (χ4v) is 2.40. The number of benzene rings is 1. The Bertz CT molecular complexity index is 569. The molecule has 1 aromatic heterocycles. The molecule has 0 saturated carbocycles. The molecule has 2 aromatic rings. The van der Waals surface area contributed by atoms with E-state index in [0.29, 0.717) is 5.92 Å². The standard InChI is InChI=1S/C18H25N3/c1-15(11-18-7-5-4-6-8-18)12-19-13-16(2)14-21-10-9-20-17(21)3/h4-11,16,19H,12-14H2,1-3H3/b15-11+. The molecule has 21 heavy (non-hydrogen) atoms. The quantitative estimate of drug-likeness (QED) is 0.842. The molecule has 0 spiro atoms. The first kappa shape index (κ1) is 15.5. The second-order valence-corrected chi connectivity index (χ2v) is 5.76. The van der Waals surface area contributed by atoms with Gasteiger partial charge in [-0.05, 0) is 31.9 Å². The monoisotopic (exact) mass is 283 g/mol. The summed E-state index contributed by atoms with van der Waals surface area (Å²) in [5.41, 5.74) is 2.62. The molecule has 2 rings (SSSR count). The molecule has 1 N–H and O–H groups in total. The lowest BCUT2D eigenvalue weighted by Crippen LogP contribution is -2.25. The molecule has 3 heteroatoms. The van der Waals surface area contributed by atoms with E-state index in [2.05, 4.69) is 59.1 Å². The maximum absolute atomic E-state index is 4.26. The highest BCUT2D eigenvalue weighted by Crippen LogP contribution is 2.06. The van der Waals surface area contributed by atoms with E-state index in [-0.39, 0.29) is 0 Å². The average molecular weight is 283 g/mol. The zero-order valence-corrected chi connectivity index (χ0v) is 13.2. The van der Waals surface area contributed by atoms with Gasteiger partial charge in [0.15, 0.2) is 0 Å². The van der Waals surface area contributed by atoms with Crippen molar-refractivity contribution in [2.75, 3.05) is 13.1 Å². The number of hydrogen-bond acceptors (Lipinski definition) is 2. The van der Waals surface area contributed by atoms with Gasteiger partial charge in [-0.3, -0.25) is 0 Å². The predicted molar refractivity (Wildman–Crippen MR) is 89.1 cm³/mol. The average Bonchev–Trinajstić information content (AvgIpc) is 2.85. The molecule has 0 saturated heterocycles. The molecular formula is C18H25N3. The van der Waals surface area contributed by atoms with E-state index in [1.54, 1.807) is 0 Å². The van der Waals surface area contributed by atoms with Crippen LogP contribution in [0, 0.1) is 12.8 Å². The van der Waals surface area contributed by atoms with Crippen molar-refractivity contribution in [3.63, 3.8) is 0 Å². The Balaban J connectivity index is 1.74. The first-order chi connectivity index (χ1) is 10.1. The zero-order chi connectivity index (χ0) is 15.1. The van der Waals surface area contributed by atoms with Crippen LogP contribution >= 0.6 is 0 Å². The van der Waals surface area contributed by atoms with E-state index in [4.69, 9.17) is 0 Å². The molecule has 3 nitrogen and oxygen atoms in total. The maximum atomic E-state index is 4.26. The molecule has 1 heterocycles. The number of nitrogens with one attached hydrogen (secondary N) is 1. The number of aryl methyl sites for hydroxylation is 1. The van der Waals surface area contributed by atoms with E-state index in [0.717, 1.165) is 25.5 Å². The van der Waals surface area contributed by atoms with Crippen molar-refractivity contribution in [3.05, 3.63) is 59.7 Å². The van der Waals surface area contributed by atoms with Gasteiger partial charge in [0, 0.05) is 25.5 Å². The molecule has 0 fully saturated rings. The van der Waals surface area contributed by atoms with Crippen molar-refractivity contribution in [1.29, 1.82) is 0 Å². The second-order valence-electron chi connectivity index (χ2n) is 5.76. The van der Waals surface area contributed by atoms with Crippen LogP contribution in [-0.2, 0) is 6.54 Å². The first-order valence-corrected chi connectivity index (χ1v) is 7.56. The normalized spacial score (nSPS) is 13.4. The molecule has 0 amide bonds. The summed E-state index contributed by atoms with van der Waals surface area (Å²) in [5, 5.41) is 3.54. The summed E-state index contributed by atoms with van der Waals surface area (Å²) in [7, 11) is 0. The van der Waals surface area contributed by atoms with Gasteiger partial charge in [-0.15, -0.1) is 0 Å². The first-order valence-electron chi connectivity index (χ1n) is 7.56. The van der Waals surface area contributed by atoms with Crippen molar-refractivity contribution in [3.8, 4) is 0 Å². The van der Waals surface area contributed by atoms with Gasteiger partial charge in [-0.1, -0.05) is 48.9 Å². The van der Waals surface area contributed by atoms with E-state index >= 15 is 0 Å². The Hall–Kier alpha value is -1.87. The lowest BCUT2D eigenvalue weighted by atomic mass is 10.1. The van der Waals surface area contributed by atoms with Crippen LogP contribution in [0.25, 0.3) is 6.08 Å². The van der Waals surface area contributed by atoms with Gasteiger partial charge in [0.25, 0.3) is 0 Å². The highest BCUT2D eigenvalue weighted by atomic mass is 15.1. The molecule has 1 unspecified atom stereocenters. The van der Waals surface area contributed by atoms with Crippen LogP contribution in [0.3, 0.4) is 0 Å². The van der Waals surface area contributed by atoms with Crippen molar-refractivity contribution in [2.24, 2.45) is 5.92 Å². The third-order valence-corrected chi connectivity index (χ3v) is 3.54. The van der Waals surface area contributed by atoms with Crippen LogP contribution in [0.1, 0.15) is 25.2 Å². The minimum atomic E-state index is 0.586. The maximum Gasteiger partial charge on any atom is 0.105 e. The minimum absolute atomic E-state index is 0.586. The molecule has 0 aliphatic heterocycles. The SMILES string of the molecule is C/C(=C\c1ccccc1)CNCC(C)Cn1ccnc1C. The van der Waals surface area contributed by atoms with Crippen LogP contribution in [0.15, 0.2) is 48.3 Å². The van der Waals surface area contributed by atoms with Gasteiger partial charge < -0.3 is 9.88 Å². The summed E-state index contributed by atoms with van der Waals surface area (Å²) >= 11 is 0. The number of nitrogens with zero attached hydrogens (tertiary/aromatic N) is 2. The molecule has 0 aliphatic rings. The van der Waals surface area contributed by atoms with Crippen LogP contribution in [0.5, 0.6) is 0 Å². The summed E-state index contributed by atoms with van der Waals surface area (Å²) < 4.78 is 2.21. The van der Waals surface area contributed by atoms with Gasteiger partial charge in [-0.25, -0.2) is 4.98 Å². The van der Waals surface area contributed by atoms with Crippen molar-refractivity contribution >= 4 is 6.08 Å². The molecular weight excluding hydrogens is 258 g/mol. The number of hydrogen-bond donors (Lipinski definition) is 1. The van der Waals surface area contributed by atoms with Crippen molar-refractivity contribution in [2.45, 2.75) is 27.3 Å². The molecule has 0 radical (unpaired) electrons. The van der Waals surface area contributed by atoms with Gasteiger partial charge in [0.05, 0.1) is 0 Å². The summed E-state index contributed by atoms with van der Waals surface area (Å²) in [5.74, 6) is 1.67. The van der Waals surface area contributed by atoms with Gasteiger partial charge in [0.1, 0.15) is 5.82 Å². The molecule has 1 aromatic carbocycles. The highest BCUT2D eigenvalue weighted by molar-refractivity contribution is 5.52. The van der Waals surface area contributed by atoms with Crippen LogP contribution in [-0.4, -0.2) is 22.6 Å². The van der Waals surface area contributed by atoms with E-state index in [1.165, 1.54) is 11.1 Å². The fourth-order valence-electron chi connectivity index (χ4n) is 2.40. The van der Waals surface area contributed by atoms with Crippen LogP contribution in [0.4, 0.5) is 0 Å². The Kier molecular flexibility index (Phi) is 5.76. The lowest BCUT2D eigenvalue weighted by Gasteiger charge is -2.14. The van der Waals surface area contributed by atoms with Gasteiger partial charge >= 0.3 is 0 Å². The minimum Gasteiger partial charge on any atom is -0.335 e. The molecule has 1 atom stereocenters. The van der Waals surface area contributed by atoms with Gasteiger partial charge in [-0.2, -0.15) is 0 Å². The Morgan fingerprint density at radius 3 is 2.76 bits per heavy atom. The molecule has 0 bridgehead atoms. The Morgan fingerprint density at radius 1 is 1.33 bits per heavy atom. The van der Waals surface area contributed by atoms with Crippen LogP contribution < -0.4 is 5.32 Å². The summed E-state index contributed by atoms with van der Waals surface area (Å²) in [6.45, 7) is 9.44. The molecule has 0 aliphatic carbocycles. The topological polar surface area (TPSA) is 29.9 Å². The highest BCUT2D eigenvalue weighted by Gasteiger charge is 2.04. The van der Waals surface area contributed by atoms with E-state index in [1.807, 2.05) is 25.4 Å². The van der Waals surface area contributed by atoms with Crippen molar-refractivity contribution < 1.29 is 0 Å². The lowest BCUT2D eigenvalue weighted by molar-refractivity contribution is 0.448. The van der Waals surface area contributed by atoms with Gasteiger partial charge in [0.2, 0.25) is 0 Å². The fraction of sp³-hybridized carbons (Fsp3) is 0.389. The smallest absolute Gasteiger partial charge is 0.105 e. The largest absolute Gasteiger partial charge is 0.335 e. The predicted octanol–water partition coefficient (Wildman–Crippen LogP) is 3.52. The Labute approximate surface area is 127 Å². The third-order valence-electron chi connectivity index (χ3n) is 3.54.